The van der Waals surface area contributed by atoms with Gasteiger partial charge in [-0.1, -0.05) is 18.2 Å². The number of hydrogen-bond donors (Lipinski definition) is 1. The highest BCUT2D eigenvalue weighted by molar-refractivity contribution is 7.89. The van der Waals surface area contributed by atoms with Crippen molar-refractivity contribution in [3.8, 4) is 0 Å². The fourth-order valence-corrected chi connectivity index (χ4v) is 3.06. The fourth-order valence-electron chi connectivity index (χ4n) is 1.88. The molecule has 0 fully saturated rings. The van der Waals surface area contributed by atoms with Crippen LogP contribution >= 0.6 is 0 Å². The number of aromatic nitrogens is 1. The van der Waals surface area contributed by atoms with Crippen LogP contribution in [0.15, 0.2) is 53.6 Å². The number of nitrogens with zero attached hydrogens (tertiary/aromatic N) is 2. The summed E-state index contributed by atoms with van der Waals surface area (Å²) in [4.78, 5) is 4.40. The molecule has 0 spiro atoms. The minimum Gasteiger partial charge on any atom is -0.392 e. The molecule has 0 unspecified atom stereocenters. The molecule has 0 saturated carbocycles. The average Bonchev–Trinajstić information content (AvgIpc) is 2.53. The maximum absolute atomic E-state index is 12.4. The van der Waals surface area contributed by atoms with E-state index in [2.05, 4.69) is 4.98 Å². The minimum absolute atomic E-state index is 0.101. The molecule has 0 amide bonds. The molecular weight excluding hydrogens is 288 g/mol. The van der Waals surface area contributed by atoms with Crippen LogP contribution in [-0.2, 0) is 23.1 Å². The van der Waals surface area contributed by atoms with Gasteiger partial charge in [0.25, 0.3) is 0 Å². The summed E-state index contributed by atoms with van der Waals surface area (Å²) in [5.41, 5.74) is 1.54. The molecule has 1 aromatic carbocycles. The van der Waals surface area contributed by atoms with Crippen molar-refractivity contribution >= 4 is 10.0 Å². The van der Waals surface area contributed by atoms with Crippen molar-refractivity contribution in [3.63, 3.8) is 0 Å². The van der Waals surface area contributed by atoms with E-state index in [1.54, 1.807) is 25.4 Å². The molecule has 2 aromatic rings. The lowest BCUT2D eigenvalue weighted by Crippen LogP contribution is -2.29. The van der Waals surface area contributed by atoms with Gasteiger partial charge in [-0.15, -0.1) is 0 Å². The summed E-state index contributed by atoms with van der Waals surface area (Å²) < 4.78 is 26.1. The molecule has 21 heavy (non-hydrogen) atoms. The molecule has 0 radical (unpaired) electrons. The Morgan fingerprint density at radius 2 is 1.86 bits per heavy atom. The quantitative estimate of drug-likeness (QED) is 0.876. The maximum Gasteiger partial charge on any atom is 0.242 e. The number of rotatable bonds is 6. The van der Waals surface area contributed by atoms with Gasteiger partial charge in [0.1, 0.15) is 0 Å². The van der Waals surface area contributed by atoms with E-state index >= 15 is 0 Å². The topological polar surface area (TPSA) is 70.5 Å². The molecule has 6 heteroatoms. The normalized spacial score (nSPS) is 11.8. The second kappa shape index (κ2) is 6.80. The predicted molar refractivity (Wildman–Crippen MR) is 80.1 cm³/mol. The van der Waals surface area contributed by atoms with Crippen LogP contribution in [0, 0.1) is 0 Å². The van der Waals surface area contributed by atoms with Crippen LogP contribution in [0.4, 0.5) is 0 Å². The van der Waals surface area contributed by atoms with E-state index in [0.717, 1.165) is 5.69 Å². The highest BCUT2D eigenvalue weighted by Gasteiger charge is 2.20. The van der Waals surface area contributed by atoms with E-state index < -0.39 is 10.0 Å². The van der Waals surface area contributed by atoms with Crippen LogP contribution in [0.3, 0.4) is 0 Å². The Balaban J connectivity index is 2.07. The summed E-state index contributed by atoms with van der Waals surface area (Å²) in [5, 5.41) is 8.98. The number of pyridine rings is 1. The van der Waals surface area contributed by atoms with Crippen molar-refractivity contribution in [1.29, 1.82) is 0 Å². The molecule has 0 aliphatic rings. The van der Waals surface area contributed by atoms with Gasteiger partial charge in [0.2, 0.25) is 10.0 Å². The van der Waals surface area contributed by atoms with Gasteiger partial charge in [-0.3, -0.25) is 4.98 Å². The first-order valence-corrected chi connectivity index (χ1v) is 8.04. The van der Waals surface area contributed by atoms with Crippen molar-refractivity contribution < 1.29 is 13.5 Å². The average molecular weight is 306 g/mol. The van der Waals surface area contributed by atoms with Gasteiger partial charge in [-0.2, -0.15) is 0 Å². The van der Waals surface area contributed by atoms with E-state index in [1.807, 2.05) is 18.2 Å². The molecule has 0 aliphatic heterocycles. The molecule has 1 heterocycles. The smallest absolute Gasteiger partial charge is 0.242 e. The van der Waals surface area contributed by atoms with Crippen LogP contribution in [0.5, 0.6) is 0 Å². The molecule has 0 aliphatic carbocycles. The van der Waals surface area contributed by atoms with Crippen molar-refractivity contribution in [1.82, 2.24) is 9.29 Å². The Morgan fingerprint density at radius 1 is 1.14 bits per heavy atom. The molecular formula is C15H18N2O3S. The van der Waals surface area contributed by atoms with E-state index in [-0.39, 0.29) is 11.5 Å². The summed E-state index contributed by atoms with van der Waals surface area (Å²) >= 11 is 0. The van der Waals surface area contributed by atoms with Gasteiger partial charge in [-0.05, 0) is 29.8 Å². The number of hydrogen-bond acceptors (Lipinski definition) is 4. The Morgan fingerprint density at radius 3 is 2.43 bits per heavy atom. The number of sulfonamides is 1. The van der Waals surface area contributed by atoms with E-state index in [4.69, 9.17) is 5.11 Å². The summed E-state index contributed by atoms with van der Waals surface area (Å²) in [5.74, 6) is 0. The SMILES string of the molecule is CN(CCc1ccccn1)S(=O)(=O)c1ccc(CO)cc1. The number of aliphatic hydroxyl groups excluding tert-OH is 1. The van der Waals surface area contributed by atoms with Gasteiger partial charge in [0.15, 0.2) is 0 Å². The molecule has 0 bridgehead atoms. The molecule has 0 atom stereocenters. The summed E-state index contributed by atoms with van der Waals surface area (Å²) in [6, 6.07) is 11.8. The molecule has 112 valence electrons. The number of benzene rings is 1. The lowest BCUT2D eigenvalue weighted by atomic mass is 10.2. The summed E-state index contributed by atoms with van der Waals surface area (Å²) in [6.07, 6.45) is 2.25. The molecule has 0 saturated heterocycles. The zero-order chi connectivity index (χ0) is 15.3. The Hall–Kier alpha value is -1.76. The van der Waals surface area contributed by atoms with Gasteiger partial charge in [0, 0.05) is 31.9 Å². The number of likely N-dealkylation sites (N-methyl/N-ethyl adjacent to an activating group) is 1. The Bertz CT molecular complexity index is 670. The Kier molecular flexibility index (Phi) is 5.06. The first-order chi connectivity index (χ1) is 10.0. The molecule has 5 nitrogen and oxygen atoms in total. The minimum atomic E-state index is -3.51. The lowest BCUT2D eigenvalue weighted by Gasteiger charge is -2.17. The van der Waals surface area contributed by atoms with Gasteiger partial charge >= 0.3 is 0 Å². The van der Waals surface area contributed by atoms with Gasteiger partial charge in [-0.25, -0.2) is 12.7 Å². The molecule has 2 rings (SSSR count). The first kappa shape index (κ1) is 15.6. The third kappa shape index (κ3) is 3.87. The van der Waals surface area contributed by atoms with Crippen molar-refractivity contribution in [3.05, 3.63) is 59.9 Å². The van der Waals surface area contributed by atoms with Crippen LogP contribution in [0.2, 0.25) is 0 Å². The van der Waals surface area contributed by atoms with Gasteiger partial charge in [0.05, 0.1) is 11.5 Å². The van der Waals surface area contributed by atoms with Crippen LogP contribution in [-0.4, -0.2) is 36.4 Å². The van der Waals surface area contributed by atoms with Crippen molar-refractivity contribution in [2.24, 2.45) is 0 Å². The lowest BCUT2D eigenvalue weighted by molar-refractivity contribution is 0.281. The second-order valence-corrected chi connectivity index (χ2v) is 6.74. The zero-order valence-corrected chi connectivity index (χ0v) is 12.6. The predicted octanol–water partition coefficient (Wildman–Crippen LogP) is 1.44. The van der Waals surface area contributed by atoms with E-state index in [0.29, 0.717) is 18.5 Å². The number of aliphatic hydroxyl groups is 1. The zero-order valence-electron chi connectivity index (χ0n) is 11.8. The van der Waals surface area contributed by atoms with Crippen LogP contribution in [0.25, 0.3) is 0 Å². The van der Waals surface area contributed by atoms with Crippen molar-refractivity contribution in [2.45, 2.75) is 17.9 Å². The monoisotopic (exact) mass is 306 g/mol. The standard InChI is InChI=1S/C15H18N2O3S/c1-17(11-9-14-4-2-3-10-16-14)21(19,20)15-7-5-13(12-18)6-8-15/h2-8,10,18H,9,11-12H2,1H3. The van der Waals surface area contributed by atoms with Gasteiger partial charge < -0.3 is 5.11 Å². The highest BCUT2D eigenvalue weighted by Crippen LogP contribution is 2.15. The fraction of sp³-hybridized carbons (Fsp3) is 0.267. The third-order valence-electron chi connectivity index (χ3n) is 3.22. The molecule has 1 N–H and O–H groups in total. The highest BCUT2D eigenvalue weighted by atomic mass is 32.2. The van der Waals surface area contributed by atoms with Crippen LogP contribution < -0.4 is 0 Å². The first-order valence-electron chi connectivity index (χ1n) is 6.60. The third-order valence-corrected chi connectivity index (χ3v) is 5.09. The van der Waals surface area contributed by atoms with Crippen LogP contribution in [0.1, 0.15) is 11.3 Å². The molecule has 1 aromatic heterocycles. The van der Waals surface area contributed by atoms with E-state index in [9.17, 15) is 8.42 Å². The van der Waals surface area contributed by atoms with E-state index in [1.165, 1.54) is 16.4 Å². The van der Waals surface area contributed by atoms with Crippen molar-refractivity contribution in [2.75, 3.05) is 13.6 Å². The Labute approximate surface area is 124 Å². The second-order valence-electron chi connectivity index (χ2n) is 4.70. The summed E-state index contributed by atoms with van der Waals surface area (Å²) in [7, 11) is -1.96. The largest absolute Gasteiger partial charge is 0.392 e. The summed E-state index contributed by atoms with van der Waals surface area (Å²) in [6.45, 7) is 0.261. The maximum atomic E-state index is 12.4.